The van der Waals surface area contributed by atoms with E-state index >= 15 is 0 Å². The van der Waals surface area contributed by atoms with Crippen LogP contribution in [0, 0.1) is 0 Å². The zero-order chi connectivity index (χ0) is 32.4. The Morgan fingerprint density at radius 2 is 1.12 bits per heavy atom. The Balaban J connectivity index is 1.00. The lowest BCUT2D eigenvalue weighted by molar-refractivity contribution is 0.549. The second-order valence-electron chi connectivity index (χ2n) is 14.6. The van der Waals surface area contributed by atoms with Crippen LogP contribution in [-0.4, -0.2) is 13.1 Å². The Kier molecular flexibility index (Phi) is 6.79. The molecule has 0 N–H and O–H groups in total. The molecule has 2 nitrogen and oxygen atoms in total. The average molecular weight is 635 g/mol. The Morgan fingerprint density at radius 3 is 1.90 bits per heavy atom. The predicted molar refractivity (Wildman–Crippen MR) is 208 cm³/mol. The normalized spacial score (nSPS) is 17.4. The molecule has 0 amide bonds. The zero-order valence-electron chi connectivity index (χ0n) is 28.2. The molecule has 2 heterocycles. The van der Waals surface area contributed by atoms with E-state index < -0.39 is 0 Å². The molecule has 0 saturated heterocycles. The first-order chi connectivity index (χ1) is 24.3. The smallest absolute Gasteiger partial charge is 0.0490 e. The molecule has 1 fully saturated rings. The highest BCUT2D eigenvalue weighted by molar-refractivity contribution is 6.02. The van der Waals surface area contributed by atoms with Crippen LogP contribution in [0.5, 0.6) is 0 Å². The van der Waals surface area contributed by atoms with E-state index in [0.29, 0.717) is 0 Å². The maximum absolute atomic E-state index is 2.57. The summed E-state index contributed by atoms with van der Waals surface area (Å²) in [6.45, 7) is 2.15. The Hall–Kier alpha value is -5.08. The third-order valence-corrected chi connectivity index (χ3v) is 12.0. The molecule has 240 valence electrons. The third-order valence-electron chi connectivity index (χ3n) is 12.0. The fourth-order valence-corrected chi connectivity index (χ4v) is 9.75. The van der Waals surface area contributed by atoms with Crippen LogP contribution in [0.4, 0.5) is 22.7 Å². The van der Waals surface area contributed by atoms with Crippen LogP contribution in [-0.2, 0) is 18.3 Å². The lowest BCUT2D eigenvalue weighted by Crippen LogP contribution is -2.25. The van der Waals surface area contributed by atoms with Gasteiger partial charge in [-0.3, -0.25) is 0 Å². The van der Waals surface area contributed by atoms with E-state index in [4.69, 9.17) is 0 Å². The molecule has 49 heavy (non-hydrogen) atoms. The van der Waals surface area contributed by atoms with E-state index in [0.717, 1.165) is 19.5 Å². The van der Waals surface area contributed by atoms with Crippen LogP contribution in [0.1, 0.15) is 71.9 Å². The van der Waals surface area contributed by atoms with Gasteiger partial charge < -0.3 is 9.80 Å². The SMILES string of the molecule is C(=C\c1ccc(N2CCCc3ccccc32)c2ccccc12)/c1ccc2c(c1)C1(CCCC1)c1cc(N3CCCc4ccccc43)ccc1-2. The van der Waals surface area contributed by atoms with Gasteiger partial charge in [-0.05, 0) is 119 Å². The summed E-state index contributed by atoms with van der Waals surface area (Å²) >= 11 is 0. The number of aryl methyl sites for hydroxylation is 2. The van der Waals surface area contributed by atoms with Crippen molar-refractivity contribution in [1.29, 1.82) is 0 Å². The lowest BCUT2D eigenvalue weighted by Gasteiger charge is -2.33. The topological polar surface area (TPSA) is 6.48 Å². The average Bonchev–Trinajstić information content (AvgIpc) is 3.77. The van der Waals surface area contributed by atoms with Gasteiger partial charge in [-0.1, -0.05) is 116 Å². The molecule has 6 aromatic rings. The first-order valence-electron chi connectivity index (χ1n) is 18.5. The largest absolute Gasteiger partial charge is 0.341 e. The molecule has 2 heteroatoms. The highest BCUT2D eigenvalue weighted by Crippen LogP contribution is 2.58. The van der Waals surface area contributed by atoms with Gasteiger partial charge in [0.1, 0.15) is 0 Å². The van der Waals surface area contributed by atoms with Crippen molar-refractivity contribution in [2.75, 3.05) is 22.9 Å². The molecule has 0 aromatic heterocycles. The molecule has 4 aliphatic rings. The van der Waals surface area contributed by atoms with Crippen molar-refractivity contribution in [2.45, 2.75) is 56.8 Å². The summed E-state index contributed by atoms with van der Waals surface area (Å²) in [6, 6.07) is 46.2. The molecule has 1 saturated carbocycles. The second kappa shape index (κ2) is 11.5. The Morgan fingerprint density at radius 1 is 0.490 bits per heavy atom. The highest BCUT2D eigenvalue weighted by Gasteiger charge is 2.45. The van der Waals surface area contributed by atoms with Crippen molar-refractivity contribution >= 4 is 45.7 Å². The maximum atomic E-state index is 2.57. The van der Waals surface area contributed by atoms with Crippen LogP contribution in [0.25, 0.3) is 34.1 Å². The summed E-state index contributed by atoms with van der Waals surface area (Å²) in [5.41, 5.74) is 17.0. The molecule has 2 aliphatic heterocycles. The lowest BCUT2D eigenvalue weighted by atomic mass is 9.76. The van der Waals surface area contributed by atoms with E-state index in [2.05, 4.69) is 143 Å². The summed E-state index contributed by atoms with van der Waals surface area (Å²) in [5.74, 6) is 0. The summed E-state index contributed by atoms with van der Waals surface area (Å²) in [5, 5.41) is 2.63. The number of benzene rings is 6. The van der Waals surface area contributed by atoms with Crippen molar-refractivity contribution in [1.82, 2.24) is 0 Å². The van der Waals surface area contributed by atoms with Gasteiger partial charge in [-0.25, -0.2) is 0 Å². The van der Waals surface area contributed by atoms with Crippen LogP contribution in [0.3, 0.4) is 0 Å². The number of fused-ring (bicyclic) bond motifs is 8. The van der Waals surface area contributed by atoms with Crippen LogP contribution >= 0.6 is 0 Å². The summed E-state index contributed by atoms with van der Waals surface area (Å²) < 4.78 is 0. The molecule has 1 spiro atoms. The van der Waals surface area contributed by atoms with E-state index in [1.165, 1.54) is 112 Å². The van der Waals surface area contributed by atoms with E-state index in [1.807, 2.05) is 0 Å². The highest BCUT2D eigenvalue weighted by atomic mass is 15.1. The van der Waals surface area contributed by atoms with Gasteiger partial charge in [0.25, 0.3) is 0 Å². The van der Waals surface area contributed by atoms with Gasteiger partial charge in [-0.2, -0.15) is 0 Å². The molecular weight excluding hydrogens is 593 g/mol. The van der Waals surface area contributed by atoms with Gasteiger partial charge in [0.05, 0.1) is 0 Å². The first kappa shape index (κ1) is 28.9. The second-order valence-corrected chi connectivity index (χ2v) is 14.6. The summed E-state index contributed by atoms with van der Waals surface area (Å²) in [6.07, 6.45) is 14.5. The number of hydrogen-bond donors (Lipinski definition) is 0. The van der Waals surface area contributed by atoms with E-state index in [1.54, 1.807) is 11.1 Å². The minimum absolute atomic E-state index is 0.124. The standard InChI is InChI=1S/C47H42N2/c1-5-17-44-35(11-1)13-9-29-48(44)37-23-25-40-39-24-20-33(31-42(39)47(43(40)32-37)27-7-8-28-47)19-21-34-22-26-46(41-16-4-3-15-38(34)41)49-30-10-14-36-12-2-6-18-45(36)49/h1-6,11-12,15-26,31-32H,7-10,13-14,27-30H2/b21-19+. The zero-order valence-corrected chi connectivity index (χ0v) is 28.2. The summed E-state index contributed by atoms with van der Waals surface area (Å²) in [7, 11) is 0. The van der Waals surface area contributed by atoms with E-state index in [9.17, 15) is 0 Å². The van der Waals surface area contributed by atoms with E-state index in [-0.39, 0.29) is 5.41 Å². The third kappa shape index (κ3) is 4.61. The molecule has 0 atom stereocenters. The van der Waals surface area contributed by atoms with Gasteiger partial charge in [0.2, 0.25) is 0 Å². The molecule has 0 radical (unpaired) electrons. The number of rotatable bonds is 4. The molecule has 0 unspecified atom stereocenters. The number of para-hydroxylation sites is 2. The maximum Gasteiger partial charge on any atom is 0.0490 e. The Labute approximate surface area is 290 Å². The van der Waals surface area contributed by atoms with Gasteiger partial charge >= 0.3 is 0 Å². The molecular formula is C47H42N2. The van der Waals surface area contributed by atoms with Gasteiger partial charge in [0.15, 0.2) is 0 Å². The summed E-state index contributed by atoms with van der Waals surface area (Å²) in [4.78, 5) is 5.10. The molecule has 2 aliphatic carbocycles. The minimum Gasteiger partial charge on any atom is -0.341 e. The fraction of sp³-hybridized carbons (Fsp3) is 0.234. The van der Waals surface area contributed by atoms with Crippen LogP contribution in [0.2, 0.25) is 0 Å². The predicted octanol–water partition coefficient (Wildman–Crippen LogP) is 12.0. The van der Waals surface area contributed by atoms with Crippen molar-refractivity contribution in [3.63, 3.8) is 0 Å². The van der Waals surface area contributed by atoms with Crippen LogP contribution < -0.4 is 9.80 Å². The number of nitrogens with zero attached hydrogens (tertiary/aromatic N) is 2. The van der Waals surface area contributed by atoms with Crippen molar-refractivity contribution in [3.8, 4) is 11.1 Å². The van der Waals surface area contributed by atoms with Crippen LogP contribution in [0.15, 0.2) is 121 Å². The molecule has 6 aromatic carbocycles. The quantitative estimate of drug-likeness (QED) is 0.178. The molecule has 10 rings (SSSR count). The minimum atomic E-state index is 0.124. The van der Waals surface area contributed by atoms with Gasteiger partial charge in [0, 0.05) is 46.6 Å². The van der Waals surface area contributed by atoms with Crippen molar-refractivity contribution in [3.05, 3.63) is 155 Å². The van der Waals surface area contributed by atoms with Crippen molar-refractivity contribution < 1.29 is 0 Å². The first-order valence-corrected chi connectivity index (χ1v) is 18.5. The Bertz CT molecular complexity index is 2270. The number of anilines is 4. The molecule has 0 bridgehead atoms. The van der Waals surface area contributed by atoms with Gasteiger partial charge in [-0.15, -0.1) is 0 Å². The fourth-order valence-electron chi connectivity index (χ4n) is 9.75. The monoisotopic (exact) mass is 634 g/mol. The number of hydrogen-bond acceptors (Lipinski definition) is 2. The van der Waals surface area contributed by atoms with Crippen molar-refractivity contribution in [2.24, 2.45) is 0 Å².